The molecular weight excluding hydrogens is 560 g/mol. The molecular formula is C28H30N8O5S. The van der Waals surface area contributed by atoms with Crippen LogP contribution in [-0.4, -0.2) is 101 Å². The fourth-order valence-corrected chi connectivity index (χ4v) is 5.64. The van der Waals surface area contributed by atoms with Gasteiger partial charge in [-0.2, -0.15) is 10.2 Å². The molecule has 14 heteroatoms. The van der Waals surface area contributed by atoms with Crippen molar-refractivity contribution >= 4 is 32.3 Å². The van der Waals surface area contributed by atoms with E-state index in [4.69, 9.17) is 9.47 Å². The summed E-state index contributed by atoms with van der Waals surface area (Å²) in [5, 5.41) is 12.5. The van der Waals surface area contributed by atoms with E-state index < -0.39 is 9.84 Å². The summed E-state index contributed by atoms with van der Waals surface area (Å²) in [5.41, 5.74) is 2.94. The van der Waals surface area contributed by atoms with Gasteiger partial charge in [-0.3, -0.25) is 14.7 Å². The minimum Gasteiger partial charge on any atom is -0.494 e. The van der Waals surface area contributed by atoms with Crippen LogP contribution in [0.2, 0.25) is 0 Å². The molecule has 1 aliphatic heterocycles. The zero-order valence-corrected chi connectivity index (χ0v) is 24.0. The van der Waals surface area contributed by atoms with Gasteiger partial charge in [0.05, 0.1) is 53.6 Å². The number of morpholine rings is 1. The van der Waals surface area contributed by atoms with Gasteiger partial charge in [0.1, 0.15) is 11.4 Å². The van der Waals surface area contributed by atoms with Crippen molar-refractivity contribution in [3.63, 3.8) is 0 Å². The molecule has 0 saturated carbocycles. The Bertz CT molecular complexity index is 1880. The maximum atomic E-state index is 13.4. The molecule has 4 aromatic heterocycles. The van der Waals surface area contributed by atoms with E-state index in [-0.39, 0.29) is 16.5 Å². The Hall–Kier alpha value is -4.40. The number of amides is 1. The minimum absolute atomic E-state index is 0.0946. The van der Waals surface area contributed by atoms with E-state index >= 15 is 0 Å². The average molecular weight is 591 g/mol. The van der Waals surface area contributed by atoms with Crippen LogP contribution in [0.5, 0.6) is 5.75 Å². The van der Waals surface area contributed by atoms with Crippen LogP contribution in [0.1, 0.15) is 16.9 Å². The molecule has 0 unspecified atom stereocenters. The second-order valence-electron chi connectivity index (χ2n) is 9.96. The second kappa shape index (κ2) is 11.5. The molecule has 218 valence electrons. The number of nitrogens with zero attached hydrogens (tertiary/aromatic N) is 7. The molecule has 6 rings (SSSR count). The number of hydrogen-bond acceptors (Lipinski definition) is 10. The Morgan fingerprint density at radius 1 is 1.14 bits per heavy atom. The lowest BCUT2D eigenvalue weighted by Gasteiger charge is -2.26. The first-order valence-electron chi connectivity index (χ1n) is 13.5. The van der Waals surface area contributed by atoms with Gasteiger partial charge >= 0.3 is 0 Å². The van der Waals surface area contributed by atoms with Crippen LogP contribution < -0.4 is 10.1 Å². The van der Waals surface area contributed by atoms with Gasteiger partial charge in [0.25, 0.3) is 5.91 Å². The van der Waals surface area contributed by atoms with Crippen molar-refractivity contribution in [3.8, 4) is 22.7 Å². The van der Waals surface area contributed by atoms with Gasteiger partial charge in [-0.15, -0.1) is 0 Å². The number of carbonyl (C=O) groups is 1. The summed E-state index contributed by atoms with van der Waals surface area (Å²) in [6.45, 7) is 4.53. The summed E-state index contributed by atoms with van der Waals surface area (Å²) in [6.07, 6.45) is 8.64. The van der Waals surface area contributed by atoms with Crippen molar-refractivity contribution in [2.24, 2.45) is 0 Å². The van der Waals surface area contributed by atoms with Gasteiger partial charge in [0, 0.05) is 44.5 Å². The quantitative estimate of drug-likeness (QED) is 0.253. The van der Waals surface area contributed by atoms with E-state index in [0.29, 0.717) is 45.8 Å². The highest BCUT2D eigenvalue weighted by atomic mass is 32.2. The van der Waals surface area contributed by atoms with Crippen LogP contribution in [0, 0.1) is 0 Å². The number of aromatic nitrogens is 6. The summed E-state index contributed by atoms with van der Waals surface area (Å²) in [7, 11) is -2.04. The van der Waals surface area contributed by atoms with Crippen LogP contribution in [0.4, 0.5) is 0 Å². The molecule has 1 aliphatic rings. The topological polar surface area (TPSA) is 146 Å². The van der Waals surface area contributed by atoms with E-state index in [1.165, 1.54) is 23.9 Å². The summed E-state index contributed by atoms with van der Waals surface area (Å²) >= 11 is 0. The van der Waals surface area contributed by atoms with Crippen molar-refractivity contribution < 1.29 is 22.7 Å². The molecule has 1 aromatic carbocycles. The number of pyridine rings is 1. The van der Waals surface area contributed by atoms with E-state index in [2.05, 4.69) is 30.4 Å². The number of sulfone groups is 1. The van der Waals surface area contributed by atoms with Gasteiger partial charge in [-0.25, -0.2) is 22.6 Å². The van der Waals surface area contributed by atoms with Crippen LogP contribution in [0.3, 0.4) is 0 Å². The number of rotatable bonds is 9. The highest BCUT2D eigenvalue weighted by Gasteiger charge is 2.23. The third-order valence-electron chi connectivity index (χ3n) is 7.18. The fraction of sp³-hybridized carbons (Fsp3) is 0.321. The molecule has 1 saturated heterocycles. The summed E-state index contributed by atoms with van der Waals surface area (Å²) in [4.78, 5) is 24.9. The summed E-state index contributed by atoms with van der Waals surface area (Å²) in [6, 6.07) is 8.10. The maximum Gasteiger partial charge on any atom is 0.272 e. The molecule has 5 aromatic rings. The van der Waals surface area contributed by atoms with Crippen LogP contribution in [0.25, 0.3) is 33.5 Å². The first-order chi connectivity index (χ1) is 20.3. The lowest BCUT2D eigenvalue weighted by molar-refractivity contribution is 0.0374. The molecule has 0 bridgehead atoms. The van der Waals surface area contributed by atoms with Gasteiger partial charge in [-0.1, -0.05) is 0 Å². The van der Waals surface area contributed by atoms with Crippen LogP contribution >= 0.6 is 0 Å². The molecule has 0 radical (unpaired) electrons. The first kappa shape index (κ1) is 27.8. The number of benzene rings is 1. The number of carbonyl (C=O) groups excluding carboxylic acids is 1. The highest BCUT2D eigenvalue weighted by molar-refractivity contribution is 7.90. The Kier molecular flexibility index (Phi) is 7.58. The van der Waals surface area contributed by atoms with Gasteiger partial charge in [-0.05, 0) is 43.3 Å². The molecule has 1 N–H and O–H groups in total. The lowest BCUT2D eigenvalue weighted by atomic mass is 10.1. The molecule has 0 spiro atoms. The summed E-state index contributed by atoms with van der Waals surface area (Å²) in [5.74, 6) is 0.0337. The zero-order chi connectivity index (χ0) is 29.3. The minimum atomic E-state index is -3.53. The number of fused-ring (bicyclic) bond motifs is 2. The van der Waals surface area contributed by atoms with E-state index in [1.807, 2.05) is 0 Å². The first-order valence-corrected chi connectivity index (χ1v) is 15.4. The number of methoxy groups -OCH3 is 1. The lowest BCUT2D eigenvalue weighted by Crippen LogP contribution is -2.38. The predicted octanol–water partition coefficient (Wildman–Crippen LogP) is 1.99. The Morgan fingerprint density at radius 3 is 2.76 bits per heavy atom. The molecule has 0 atom stereocenters. The van der Waals surface area contributed by atoms with E-state index in [0.717, 1.165) is 45.5 Å². The van der Waals surface area contributed by atoms with E-state index in [9.17, 15) is 13.2 Å². The Labute approximate surface area is 242 Å². The third kappa shape index (κ3) is 5.43. The number of ether oxygens (including phenoxy) is 2. The molecule has 1 fully saturated rings. The summed E-state index contributed by atoms with van der Waals surface area (Å²) < 4.78 is 39.0. The monoisotopic (exact) mass is 590 g/mol. The predicted molar refractivity (Wildman–Crippen MR) is 155 cm³/mol. The standard InChI is InChI=1S/C28H30N8O5S/c1-40-25-6-5-19(42(2,38)39)15-24(25)36-23-16-22(20-18-32-35-10-4-7-29-27(20)35)31-17-21(23)26(33-36)28(37)30-8-3-9-34-11-13-41-14-12-34/h4-7,10,15-18H,3,8-9,11-14H2,1-2H3,(H,30,37). The SMILES string of the molecule is COc1ccc(S(C)(=O)=O)cc1-n1nc(C(=O)NCCCN2CCOCC2)c2cnc(-c3cnn4cccnc34)cc21. The smallest absolute Gasteiger partial charge is 0.272 e. The van der Waals surface area contributed by atoms with Crippen molar-refractivity contribution in [1.29, 1.82) is 0 Å². The highest BCUT2D eigenvalue weighted by Crippen LogP contribution is 2.32. The van der Waals surface area contributed by atoms with E-state index in [1.54, 1.807) is 47.5 Å². The largest absolute Gasteiger partial charge is 0.494 e. The van der Waals surface area contributed by atoms with Gasteiger partial charge in [0.2, 0.25) is 0 Å². The molecule has 13 nitrogen and oxygen atoms in total. The fourth-order valence-electron chi connectivity index (χ4n) is 5.00. The Morgan fingerprint density at radius 2 is 1.98 bits per heavy atom. The molecule has 42 heavy (non-hydrogen) atoms. The van der Waals surface area contributed by atoms with Gasteiger partial charge in [0.15, 0.2) is 21.2 Å². The second-order valence-corrected chi connectivity index (χ2v) is 12.0. The van der Waals surface area contributed by atoms with Crippen molar-refractivity contribution in [2.75, 3.05) is 52.8 Å². The normalized spacial score (nSPS) is 14.4. The molecule has 0 aliphatic carbocycles. The number of hydrogen-bond donors (Lipinski definition) is 1. The van der Waals surface area contributed by atoms with Crippen molar-refractivity contribution in [1.82, 2.24) is 39.6 Å². The zero-order valence-electron chi connectivity index (χ0n) is 23.2. The maximum absolute atomic E-state index is 13.4. The van der Waals surface area contributed by atoms with Crippen molar-refractivity contribution in [3.05, 3.63) is 60.8 Å². The van der Waals surface area contributed by atoms with Gasteiger partial charge < -0.3 is 14.8 Å². The van der Waals surface area contributed by atoms with Crippen molar-refractivity contribution in [2.45, 2.75) is 11.3 Å². The van der Waals surface area contributed by atoms with Crippen LogP contribution in [-0.2, 0) is 14.6 Å². The Balaban J connectivity index is 1.41. The molecule has 1 amide bonds. The number of nitrogens with one attached hydrogen (secondary N) is 1. The molecule has 5 heterocycles. The third-order valence-corrected chi connectivity index (χ3v) is 8.29. The van der Waals surface area contributed by atoms with Crippen LogP contribution in [0.15, 0.2) is 60.0 Å². The average Bonchev–Trinajstić information content (AvgIpc) is 3.61.